The molecular weight excluding hydrogens is 366 g/mol. The maximum Gasteiger partial charge on any atom is 0.243 e. The topological polar surface area (TPSA) is 78.5 Å². The van der Waals surface area contributed by atoms with Gasteiger partial charge in [-0.05, 0) is 30.0 Å². The van der Waals surface area contributed by atoms with Crippen LogP contribution in [-0.4, -0.2) is 42.3 Å². The number of para-hydroxylation sites is 1. The molecule has 3 amide bonds. The Labute approximate surface area is 171 Å². The molecule has 0 bridgehead atoms. The van der Waals surface area contributed by atoms with Gasteiger partial charge in [-0.1, -0.05) is 55.5 Å². The zero-order chi connectivity index (χ0) is 20.6. The highest BCUT2D eigenvalue weighted by molar-refractivity contribution is 5.96. The van der Waals surface area contributed by atoms with Crippen molar-refractivity contribution in [2.75, 3.05) is 25.0 Å². The smallest absolute Gasteiger partial charge is 0.243 e. The number of nitrogens with one attached hydrogen (secondary N) is 2. The molecule has 2 aromatic rings. The number of benzene rings is 2. The second kappa shape index (κ2) is 9.87. The van der Waals surface area contributed by atoms with Crippen LogP contribution in [0.2, 0.25) is 0 Å². The van der Waals surface area contributed by atoms with E-state index in [0.29, 0.717) is 13.1 Å². The molecular formula is C23H27N3O3. The molecule has 152 valence electrons. The van der Waals surface area contributed by atoms with Gasteiger partial charge in [-0.3, -0.25) is 14.4 Å². The Bertz CT molecular complexity index is 867. The molecule has 2 N–H and O–H groups in total. The Balaban J connectivity index is 1.44. The molecule has 1 fully saturated rings. The number of anilines is 1. The monoisotopic (exact) mass is 393 g/mol. The lowest BCUT2D eigenvalue weighted by Gasteiger charge is -2.16. The number of carbonyl (C=O) groups is 3. The van der Waals surface area contributed by atoms with Crippen LogP contribution in [0.3, 0.4) is 0 Å². The van der Waals surface area contributed by atoms with Crippen molar-refractivity contribution in [2.24, 2.45) is 5.92 Å². The summed E-state index contributed by atoms with van der Waals surface area (Å²) < 4.78 is 0. The van der Waals surface area contributed by atoms with Gasteiger partial charge < -0.3 is 15.5 Å². The van der Waals surface area contributed by atoms with E-state index < -0.39 is 5.92 Å². The molecule has 1 heterocycles. The summed E-state index contributed by atoms with van der Waals surface area (Å²) in [7, 11) is 0. The van der Waals surface area contributed by atoms with Gasteiger partial charge in [0.2, 0.25) is 17.7 Å². The summed E-state index contributed by atoms with van der Waals surface area (Å²) in [6.45, 7) is 2.91. The van der Waals surface area contributed by atoms with Crippen molar-refractivity contribution in [2.45, 2.75) is 26.2 Å². The first-order chi connectivity index (χ1) is 14.1. The Hall–Kier alpha value is -3.15. The molecule has 1 saturated heterocycles. The number of nitrogens with zero attached hydrogens (tertiary/aromatic N) is 1. The van der Waals surface area contributed by atoms with Crippen molar-refractivity contribution in [1.29, 1.82) is 0 Å². The molecule has 1 aliphatic heterocycles. The first kappa shape index (κ1) is 20.6. The molecule has 6 nitrogen and oxygen atoms in total. The van der Waals surface area contributed by atoms with Crippen LogP contribution in [-0.2, 0) is 27.2 Å². The molecule has 0 saturated carbocycles. The fraction of sp³-hybridized carbons (Fsp3) is 0.348. The van der Waals surface area contributed by atoms with Crippen molar-refractivity contribution < 1.29 is 14.4 Å². The SMILES string of the molecule is CCc1ccccc1NC(=O)CNC(=O)C1CC(=O)N(CCc2ccccc2)C1. The van der Waals surface area contributed by atoms with E-state index in [1.165, 1.54) is 0 Å². The molecule has 1 unspecified atom stereocenters. The molecule has 29 heavy (non-hydrogen) atoms. The van der Waals surface area contributed by atoms with E-state index in [-0.39, 0.29) is 30.7 Å². The van der Waals surface area contributed by atoms with Crippen LogP contribution in [0.25, 0.3) is 0 Å². The number of amides is 3. The van der Waals surface area contributed by atoms with E-state index in [0.717, 1.165) is 29.7 Å². The molecule has 0 aromatic heterocycles. The Morgan fingerprint density at radius 3 is 2.55 bits per heavy atom. The van der Waals surface area contributed by atoms with Crippen molar-refractivity contribution in [3.8, 4) is 0 Å². The van der Waals surface area contributed by atoms with Gasteiger partial charge in [-0.2, -0.15) is 0 Å². The van der Waals surface area contributed by atoms with Gasteiger partial charge in [0, 0.05) is 25.2 Å². The first-order valence-electron chi connectivity index (χ1n) is 10.0. The lowest BCUT2D eigenvalue weighted by Crippen LogP contribution is -2.38. The lowest BCUT2D eigenvalue weighted by molar-refractivity contribution is -0.129. The molecule has 1 aliphatic rings. The van der Waals surface area contributed by atoms with Gasteiger partial charge >= 0.3 is 0 Å². The maximum absolute atomic E-state index is 12.4. The number of hydrogen-bond acceptors (Lipinski definition) is 3. The minimum atomic E-state index is -0.408. The highest BCUT2D eigenvalue weighted by Crippen LogP contribution is 2.19. The van der Waals surface area contributed by atoms with E-state index in [2.05, 4.69) is 10.6 Å². The van der Waals surface area contributed by atoms with Crippen molar-refractivity contribution in [3.63, 3.8) is 0 Å². The van der Waals surface area contributed by atoms with Crippen molar-refractivity contribution in [1.82, 2.24) is 10.2 Å². The summed E-state index contributed by atoms with van der Waals surface area (Å²) in [5.41, 5.74) is 2.97. The van der Waals surface area contributed by atoms with Crippen LogP contribution in [0, 0.1) is 5.92 Å². The van der Waals surface area contributed by atoms with Gasteiger partial charge in [0.05, 0.1) is 12.5 Å². The van der Waals surface area contributed by atoms with Crippen LogP contribution >= 0.6 is 0 Å². The van der Waals surface area contributed by atoms with Crippen LogP contribution in [0.5, 0.6) is 0 Å². The fourth-order valence-electron chi connectivity index (χ4n) is 3.53. The molecule has 1 atom stereocenters. The van der Waals surface area contributed by atoms with E-state index in [4.69, 9.17) is 0 Å². The number of hydrogen-bond donors (Lipinski definition) is 2. The van der Waals surface area contributed by atoms with Crippen LogP contribution in [0.15, 0.2) is 54.6 Å². The van der Waals surface area contributed by atoms with Crippen LogP contribution in [0.1, 0.15) is 24.5 Å². The third-order valence-corrected chi connectivity index (χ3v) is 5.19. The third-order valence-electron chi connectivity index (χ3n) is 5.19. The highest BCUT2D eigenvalue weighted by Gasteiger charge is 2.34. The van der Waals surface area contributed by atoms with E-state index >= 15 is 0 Å². The van der Waals surface area contributed by atoms with Gasteiger partial charge in [0.25, 0.3) is 0 Å². The number of rotatable bonds is 8. The molecule has 6 heteroatoms. The summed E-state index contributed by atoms with van der Waals surface area (Å²) >= 11 is 0. The molecule has 0 aliphatic carbocycles. The van der Waals surface area contributed by atoms with E-state index in [1.807, 2.05) is 61.5 Å². The summed E-state index contributed by atoms with van der Waals surface area (Å²) in [5, 5.41) is 5.50. The Morgan fingerprint density at radius 1 is 1.07 bits per heavy atom. The number of carbonyl (C=O) groups excluding carboxylic acids is 3. The molecule has 3 rings (SSSR count). The molecule has 0 radical (unpaired) electrons. The first-order valence-corrected chi connectivity index (χ1v) is 10.0. The third kappa shape index (κ3) is 5.67. The zero-order valence-corrected chi connectivity index (χ0v) is 16.7. The number of likely N-dealkylation sites (tertiary alicyclic amines) is 1. The quantitative estimate of drug-likeness (QED) is 0.723. The van der Waals surface area contributed by atoms with E-state index in [1.54, 1.807) is 4.90 Å². The zero-order valence-electron chi connectivity index (χ0n) is 16.7. The molecule has 0 spiro atoms. The van der Waals surface area contributed by atoms with Gasteiger partial charge in [0.15, 0.2) is 0 Å². The second-order valence-corrected chi connectivity index (χ2v) is 7.25. The van der Waals surface area contributed by atoms with Crippen molar-refractivity contribution >= 4 is 23.4 Å². The Kier molecular flexibility index (Phi) is 7.00. The lowest BCUT2D eigenvalue weighted by atomic mass is 10.1. The fourth-order valence-corrected chi connectivity index (χ4v) is 3.53. The summed E-state index contributed by atoms with van der Waals surface area (Å²) in [5.74, 6) is -0.944. The summed E-state index contributed by atoms with van der Waals surface area (Å²) in [6.07, 6.45) is 1.77. The minimum Gasteiger partial charge on any atom is -0.347 e. The van der Waals surface area contributed by atoms with E-state index in [9.17, 15) is 14.4 Å². The average Bonchev–Trinajstić information content (AvgIpc) is 3.12. The predicted molar refractivity (Wildman–Crippen MR) is 112 cm³/mol. The highest BCUT2D eigenvalue weighted by atomic mass is 16.2. The van der Waals surface area contributed by atoms with Gasteiger partial charge in [-0.15, -0.1) is 0 Å². The van der Waals surface area contributed by atoms with Gasteiger partial charge in [-0.25, -0.2) is 0 Å². The normalized spacial score (nSPS) is 16.0. The second-order valence-electron chi connectivity index (χ2n) is 7.25. The predicted octanol–water partition coefficient (Wildman–Crippen LogP) is 2.39. The summed E-state index contributed by atoms with van der Waals surface area (Å²) in [4.78, 5) is 38.6. The average molecular weight is 393 g/mol. The Morgan fingerprint density at radius 2 is 1.79 bits per heavy atom. The van der Waals surface area contributed by atoms with Crippen LogP contribution < -0.4 is 10.6 Å². The van der Waals surface area contributed by atoms with Crippen molar-refractivity contribution in [3.05, 3.63) is 65.7 Å². The minimum absolute atomic E-state index is 0.0117. The molecule has 2 aromatic carbocycles. The summed E-state index contributed by atoms with van der Waals surface area (Å²) in [6, 6.07) is 17.6. The maximum atomic E-state index is 12.4. The van der Waals surface area contributed by atoms with Crippen LogP contribution in [0.4, 0.5) is 5.69 Å². The number of aryl methyl sites for hydroxylation is 1. The van der Waals surface area contributed by atoms with Gasteiger partial charge in [0.1, 0.15) is 0 Å². The standard InChI is InChI=1S/C23H27N3O3/c1-2-18-10-6-7-11-20(18)25-21(27)15-24-23(29)19-14-22(28)26(16-19)13-12-17-8-4-3-5-9-17/h3-11,19H,2,12-16H2,1H3,(H,24,29)(H,25,27). The largest absolute Gasteiger partial charge is 0.347 e.